The molecule has 0 atom stereocenters. The van der Waals surface area contributed by atoms with E-state index in [1.54, 1.807) is 0 Å². The molecule has 3 nitrogen and oxygen atoms in total. The number of pyridine rings is 1. The topological polar surface area (TPSA) is 38.7 Å². The molecule has 0 amide bonds. The summed E-state index contributed by atoms with van der Waals surface area (Å²) in [5, 5.41) is 4.05. The van der Waals surface area contributed by atoms with Crippen molar-refractivity contribution in [1.29, 1.82) is 0 Å². The molecular weight excluding hydrogens is 170 g/mol. The minimum absolute atomic E-state index is 0.486. The van der Waals surface area contributed by atoms with Crippen molar-refractivity contribution in [2.24, 2.45) is 0 Å². The van der Waals surface area contributed by atoms with Gasteiger partial charge in [0.1, 0.15) is 5.52 Å². The van der Waals surface area contributed by atoms with Crippen molar-refractivity contribution >= 4 is 21.9 Å². The summed E-state index contributed by atoms with van der Waals surface area (Å²) in [5.41, 5.74) is 2.19. The van der Waals surface area contributed by atoms with Crippen LogP contribution >= 0.6 is 11.5 Å². The van der Waals surface area contributed by atoms with Crippen LogP contribution in [0.1, 0.15) is 25.3 Å². The minimum atomic E-state index is 0.486. The average Bonchev–Trinajstić information content (AvgIpc) is 2.49. The molecule has 0 aliphatic carbocycles. The molecule has 0 aromatic carbocycles. The van der Waals surface area contributed by atoms with Crippen molar-refractivity contribution in [3.05, 3.63) is 17.8 Å². The molecule has 4 heteroatoms. The second kappa shape index (κ2) is 2.79. The van der Waals surface area contributed by atoms with Crippen LogP contribution in [0.2, 0.25) is 0 Å². The molecule has 12 heavy (non-hydrogen) atoms. The molecule has 0 spiro atoms. The third-order valence-corrected chi connectivity index (χ3v) is 2.45. The molecule has 0 radical (unpaired) electrons. The normalized spacial score (nSPS) is 11.2. The van der Waals surface area contributed by atoms with Crippen LogP contribution in [-0.2, 0) is 0 Å². The van der Waals surface area contributed by atoms with E-state index in [-0.39, 0.29) is 0 Å². The summed E-state index contributed by atoms with van der Waals surface area (Å²) >= 11 is 1.35. The molecule has 2 aromatic rings. The molecule has 0 aliphatic heterocycles. The Morgan fingerprint density at radius 1 is 1.42 bits per heavy atom. The van der Waals surface area contributed by atoms with E-state index in [0.717, 1.165) is 10.3 Å². The van der Waals surface area contributed by atoms with Crippen molar-refractivity contribution in [2.75, 3.05) is 0 Å². The Morgan fingerprint density at radius 2 is 2.25 bits per heavy atom. The predicted octanol–water partition coefficient (Wildman–Crippen LogP) is 2.21. The highest BCUT2D eigenvalue weighted by Crippen LogP contribution is 2.22. The smallest absolute Gasteiger partial charge is 0.164 e. The van der Waals surface area contributed by atoms with Crippen molar-refractivity contribution in [2.45, 2.75) is 19.8 Å². The van der Waals surface area contributed by atoms with Gasteiger partial charge in [0, 0.05) is 17.7 Å². The molecule has 0 unspecified atom stereocenters. The number of hydrogen-bond acceptors (Lipinski definition) is 4. The SMILES string of the molecule is CC(C)c1ccnc2snnc12. The Morgan fingerprint density at radius 3 is 3.00 bits per heavy atom. The zero-order valence-electron chi connectivity index (χ0n) is 6.98. The van der Waals surface area contributed by atoms with Crippen molar-refractivity contribution in [3.8, 4) is 0 Å². The van der Waals surface area contributed by atoms with E-state index >= 15 is 0 Å². The number of fused-ring (bicyclic) bond motifs is 1. The number of rotatable bonds is 1. The molecule has 0 N–H and O–H groups in total. The standard InChI is InChI=1S/C8H9N3S/c1-5(2)6-3-4-9-8-7(6)10-11-12-8/h3-5H,1-2H3. The lowest BCUT2D eigenvalue weighted by Crippen LogP contribution is -1.89. The molecule has 0 saturated heterocycles. The molecule has 2 aromatic heterocycles. The third-order valence-electron chi connectivity index (χ3n) is 1.81. The zero-order chi connectivity index (χ0) is 8.55. The van der Waals surface area contributed by atoms with Crippen molar-refractivity contribution in [3.63, 3.8) is 0 Å². The Hall–Kier alpha value is -1.03. The first-order valence-corrected chi connectivity index (χ1v) is 4.63. The fourth-order valence-electron chi connectivity index (χ4n) is 1.18. The highest BCUT2D eigenvalue weighted by molar-refractivity contribution is 7.12. The molecular formula is C8H9N3S. The van der Waals surface area contributed by atoms with E-state index in [9.17, 15) is 0 Å². The Bertz CT molecular complexity index is 394. The van der Waals surface area contributed by atoms with E-state index in [0.29, 0.717) is 5.92 Å². The first-order valence-electron chi connectivity index (χ1n) is 3.86. The van der Waals surface area contributed by atoms with Gasteiger partial charge in [-0.3, -0.25) is 0 Å². The second-order valence-electron chi connectivity index (χ2n) is 2.98. The maximum absolute atomic E-state index is 4.18. The number of aromatic nitrogens is 3. The van der Waals surface area contributed by atoms with Gasteiger partial charge in [0.2, 0.25) is 0 Å². The summed E-state index contributed by atoms with van der Waals surface area (Å²) in [4.78, 5) is 5.11. The van der Waals surface area contributed by atoms with Crippen LogP contribution in [-0.4, -0.2) is 14.6 Å². The maximum Gasteiger partial charge on any atom is 0.164 e. The maximum atomic E-state index is 4.18. The van der Waals surface area contributed by atoms with Crippen LogP contribution in [0.4, 0.5) is 0 Å². The predicted molar refractivity (Wildman–Crippen MR) is 49.3 cm³/mol. The van der Waals surface area contributed by atoms with Gasteiger partial charge in [-0.1, -0.05) is 18.3 Å². The lowest BCUT2D eigenvalue weighted by molar-refractivity contribution is 0.869. The fraction of sp³-hybridized carbons (Fsp3) is 0.375. The van der Waals surface area contributed by atoms with Gasteiger partial charge in [0.05, 0.1) is 0 Å². The van der Waals surface area contributed by atoms with Gasteiger partial charge < -0.3 is 0 Å². The van der Waals surface area contributed by atoms with E-state index < -0.39 is 0 Å². The lowest BCUT2D eigenvalue weighted by atomic mass is 10.0. The summed E-state index contributed by atoms with van der Waals surface area (Å²) in [6.07, 6.45) is 1.82. The van der Waals surface area contributed by atoms with Crippen molar-refractivity contribution < 1.29 is 0 Å². The van der Waals surface area contributed by atoms with Gasteiger partial charge in [0.15, 0.2) is 4.83 Å². The van der Waals surface area contributed by atoms with E-state index in [4.69, 9.17) is 0 Å². The van der Waals surface area contributed by atoms with Gasteiger partial charge in [-0.15, -0.1) is 5.10 Å². The Labute approximate surface area is 74.6 Å². The van der Waals surface area contributed by atoms with Crippen LogP contribution in [0.5, 0.6) is 0 Å². The van der Waals surface area contributed by atoms with Crippen molar-refractivity contribution in [1.82, 2.24) is 14.6 Å². The monoisotopic (exact) mass is 179 g/mol. The quantitative estimate of drug-likeness (QED) is 0.673. The summed E-state index contributed by atoms with van der Waals surface area (Å²) < 4.78 is 3.87. The highest BCUT2D eigenvalue weighted by atomic mass is 32.1. The van der Waals surface area contributed by atoms with Gasteiger partial charge in [-0.25, -0.2) is 4.98 Å². The third kappa shape index (κ3) is 1.08. The average molecular weight is 179 g/mol. The van der Waals surface area contributed by atoms with Gasteiger partial charge >= 0.3 is 0 Å². The van der Waals surface area contributed by atoms with Gasteiger partial charge in [-0.2, -0.15) is 0 Å². The second-order valence-corrected chi connectivity index (χ2v) is 3.71. The van der Waals surface area contributed by atoms with E-state index in [1.165, 1.54) is 17.1 Å². The van der Waals surface area contributed by atoms with Crippen LogP contribution in [0.15, 0.2) is 12.3 Å². The summed E-state index contributed by atoms with van der Waals surface area (Å²) in [6, 6.07) is 2.01. The van der Waals surface area contributed by atoms with Crippen LogP contribution in [0.3, 0.4) is 0 Å². The van der Waals surface area contributed by atoms with Gasteiger partial charge in [0.25, 0.3) is 0 Å². The van der Waals surface area contributed by atoms with E-state index in [1.807, 2.05) is 12.3 Å². The molecule has 0 fully saturated rings. The van der Waals surface area contributed by atoms with Crippen LogP contribution in [0.25, 0.3) is 10.3 Å². The number of nitrogens with zero attached hydrogens (tertiary/aromatic N) is 3. The van der Waals surface area contributed by atoms with Crippen LogP contribution in [0, 0.1) is 0 Å². The molecule has 62 valence electrons. The Balaban J connectivity index is 2.73. The molecule has 0 bridgehead atoms. The van der Waals surface area contributed by atoms with E-state index in [2.05, 4.69) is 28.4 Å². The zero-order valence-corrected chi connectivity index (χ0v) is 7.80. The van der Waals surface area contributed by atoms with Gasteiger partial charge in [-0.05, 0) is 17.5 Å². The summed E-state index contributed by atoms with van der Waals surface area (Å²) in [6.45, 7) is 4.29. The largest absolute Gasteiger partial charge is 0.242 e. The molecule has 0 saturated carbocycles. The summed E-state index contributed by atoms with van der Waals surface area (Å²) in [7, 11) is 0. The fourth-order valence-corrected chi connectivity index (χ4v) is 1.73. The molecule has 2 heterocycles. The molecule has 2 rings (SSSR count). The lowest BCUT2D eigenvalue weighted by Gasteiger charge is -2.03. The highest BCUT2D eigenvalue weighted by Gasteiger charge is 2.07. The first kappa shape index (κ1) is 7.61. The van der Waals surface area contributed by atoms with Crippen LogP contribution < -0.4 is 0 Å². The first-order chi connectivity index (χ1) is 5.79. The Kier molecular flexibility index (Phi) is 1.77. The number of hydrogen-bond donors (Lipinski definition) is 0. The summed E-state index contributed by atoms with van der Waals surface area (Å²) in [5.74, 6) is 0.486. The molecule has 0 aliphatic rings. The minimum Gasteiger partial charge on any atom is -0.242 e.